The van der Waals surface area contributed by atoms with Crippen molar-refractivity contribution in [1.29, 1.82) is 0 Å². The first-order valence-electron chi connectivity index (χ1n) is 4.30. The molecule has 6 heteroatoms. The van der Waals surface area contributed by atoms with Crippen LogP contribution >= 0.6 is 24.8 Å². The standard InChI is InChI=1S/C8H13NOSSe.FHS/c1-2-7-4-11-5-8(12-7)3-9-6-10;1-2/h7-8H,2-5H2,1H3;2H. The molecular formula is C8H14FNOS2Se. The van der Waals surface area contributed by atoms with Gasteiger partial charge in [0.05, 0.1) is 0 Å². The number of thiol groups is 1. The van der Waals surface area contributed by atoms with E-state index in [2.05, 4.69) is 11.9 Å². The van der Waals surface area contributed by atoms with E-state index >= 15 is 0 Å². The van der Waals surface area contributed by atoms with Crippen LogP contribution in [0.15, 0.2) is 4.99 Å². The van der Waals surface area contributed by atoms with Gasteiger partial charge in [-0.1, -0.05) is 0 Å². The van der Waals surface area contributed by atoms with Crippen molar-refractivity contribution in [3.8, 4) is 0 Å². The zero-order valence-electron chi connectivity index (χ0n) is 7.98. The van der Waals surface area contributed by atoms with Gasteiger partial charge in [0, 0.05) is 13.0 Å². The minimum absolute atomic E-state index is 0.683. The molecule has 1 rings (SSSR count). The van der Waals surface area contributed by atoms with Crippen molar-refractivity contribution >= 4 is 45.8 Å². The molecule has 1 aliphatic heterocycles. The second kappa shape index (κ2) is 10.1. The summed E-state index contributed by atoms with van der Waals surface area (Å²) in [4.78, 5) is 15.2. The summed E-state index contributed by atoms with van der Waals surface area (Å²) in [6.07, 6.45) is 2.91. The Morgan fingerprint density at radius 1 is 1.57 bits per heavy atom. The number of hydrogen-bond acceptors (Lipinski definition) is 4. The molecule has 0 amide bonds. The van der Waals surface area contributed by atoms with Gasteiger partial charge in [-0.15, -0.1) is 0 Å². The monoisotopic (exact) mass is 303 g/mol. The van der Waals surface area contributed by atoms with Gasteiger partial charge in [0.15, 0.2) is 0 Å². The molecule has 0 aromatic rings. The molecule has 0 spiro atoms. The van der Waals surface area contributed by atoms with Gasteiger partial charge in [0.2, 0.25) is 0 Å². The maximum atomic E-state index is 9.91. The van der Waals surface area contributed by atoms with E-state index in [1.807, 2.05) is 24.8 Å². The molecule has 0 radical (unpaired) electrons. The fraction of sp³-hybridized carbons (Fsp3) is 0.875. The van der Waals surface area contributed by atoms with Crippen LogP contribution in [-0.2, 0) is 4.79 Å². The van der Waals surface area contributed by atoms with E-state index in [4.69, 9.17) is 0 Å². The maximum Gasteiger partial charge on any atom is 0.0278 e. The first-order chi connectivity index (χ1) is 6.86. The molecule has 0 aromatic carbocycles. The molecule has 1 saturated heterocycles. The third-order valence-corrected chi connectivity index (χ3v) is 7.36. The molecule has 2 unspecified atom stereocenters. The third kappa shape index (κ3) is 6.10. The van der Waals surface area contributed by atoms with E-state index in [1.165, 1.54) is 17.9 Å². The molecule has 0 aliphatic carbocycles. The molecule has 2 nitrogen and oxygen atoms in total. The minimum atomic E-state index is 0.683. The van der Waals surface area contributed by atoms with Crippen LogP contribution in [0.4, 0.5) is 3.89 Å². The number of nitrogens with zero attached hydrogens (tertiary/aromatic N) is 1. The number of isocyanates is 1. The molecule has 0 bridgehead atoms. The van der Waals surface area contributed by atoms with Crippen LogP contribution in [0, 0.1) is 0 Å². The predicted molar refractivity (Wildman–Crippen MR) is 64.0 cm³/mol. The summed E-state index contributed by atoms with van der Waals surface area (Å²) in [6, 6.07) is 0. The molecule has 1 heterocycles. The summed E-state index contributed by atoms with van der Waals surface area (Å²) in [5.41, 5.74) is 0. The van der Waals surface area contributed by atoms with Gasteiger partial charge in [-0.25, -0.2) is 0 Å². The van der Waals surface area contributed by atoms with Crippen molar-refractivity contribution in [2.24, 2.45) is 4.99 Å². The van der Waals surface area contributed by atoms with Crippen molar-refractivity contribution in [1.82, 2.24) is 0 Å². The first kappa shape index (κ1) is 14.5. The Bertz CT molecular complexity index is 190. The maximum absolute atomic E-state index is 9.91. The molecule has 0 N–H and O–H groups in total. The molecule has 14 heavy (non-hydrogen) atoms. The van der Waals surface area contributed by atoms with Crippen LogP contribution in [-0.4, -0.2) is 39.1 Å². The van der Waals surface area contributed by atoms with E-state index < -0.39 is 0 Å². The predicted octanol–water partition coefficient (Wildman–Crippen LogP) is 2.56. The second-order valence-electron chi connectivity index (χ2n) is 2.76. The molecule has 1 fully saturated rings. The summed E-state index contributed by atoms with van der Waals surface area (Å²) in [6.45, 7) is 2.96. The third-order valence-electron chi connectivity index (χ3n) is 1.81. The largest absolute Gasteiger partial charge is 0.169 e. The SMILES string of the molecule is CCC1CSCC(CN=C=O)[Se]1.FS. The van der Waals surface area contributed by atoms with Crippen molar-refractivity contribution in [3.05, 3.63) is 0 Å². The Morgan fingerprint density at radius 3 is 2.79 bits per heavy atom. The Hall–Kier alpha value is 0.529. The molecule has 2 atom stereocenters. The molecule has 0 saturated carbocycles. The summed E-state index contributed by atoms with van der Waals surface area (Å²) >= 11 is 4.73. The second-order valence-corrected chi connectivity index (χ2v) is 7.20. The van der Waals surface area contributed by atoms with Crippen LogP contribution in [0.1, 0.15) is 13.3 Å². The summed E-state index contributed by atoms with van der Waals surface area (Å²) in [5.74, 6) is 2.51. The van der Waals surface area contributed by atoms with Crippen molar-refractivity contribution in [2.45, 2.75) is 23.0 Å². The van der Waals surface area contributed by atoms with E-state index in [-0.39, 0.29) is 0 Å². The van der Waals surface area contributed by atoms with Gasteiger partial charge < -0.3 is 0 Å². The van der Waals surface area contributed by atoms with Crippen LogP contribution in [0.25, 0.3) is 0 Å². The quantitative estimate of drug-likeness (QED) is 0.376. The molecule has 0 aromatic heterocycles. The van der Waals surface area contributed by atoms with Gasteiger partial charge in [-0.05, 0) is 0 Å². The molecule has 1 aliphatic rings. The smallest absolute Gasteiger partial charge is 0.0278 e. The summed E-state index contributed by atoms with van der Waals surface area (Å²) < 4.78 is 9.19. The zero-order valence-corrected chi connectivity index (χ0v) is 11.4. The van der Waals surface area contributed by atoms with Crippen molar-refractivity contribution < 1.29 is 8.68 Å². The number of carbonyl (C=O) groups excluding carboxylic acids is 1. The fourth-order valence-corrected chi connectivity index (χ4v) is 6.37. The van der Waals surface area contributed by atoms with Gasteiger partial charge in [-0.3, -0.25) is 0 Å². The minimum Gasteiger partial charge on any atom is -0.169 e. The molecular weight excluding hydrogens is 288 g/mol. The van der Waals surface area contributed by atoms with E-state index in [9.17, 15) is 8.68 Å². The average Bonchev–Trinajstić information content (AvgIpc) is 2.29. The van der Waals surface area contributed by atoms with E-state index in [0.717, 1.165) is 4.82 Å². The number of aliphatic imine (C=N–C) groups is 1. The number of hydrogen-bond donors (Lipinski definition) is 1. The van der Waals surface area contributed by atoms with E-state index in [0.29, 0.717) is 26.3 Å². The fourth-order valence-electron chi connectivity index (χ4n) is 1.13. The Morgan fingerprint density at radius 2 is 2.21 bits per heavy atom. The Labute approximate surface area is 100 Å². The van der Waals surface area contributed by atoms with Crippen LogP contribution < -0.4 is 0 Å². The zero-order chi connectivity index (χ0) is 10.8. The van der Waals surface area contributed by atoms with E-state index in [1.54, 1.807) is 6.08 Å². The van der Waals surface area contributed by atoms with Crippen LogP contribution in [0.3, 0.4) is 0 Å². The number of halogens is 1. The summed E-state index contributed by atoms with van der Waals surface area (Å²) in [7, 11) is 0. The van der Waals surface area contributed by atoms with Gasteiger partial charge in [0.25, 0.3) is 0 Å². The number of rotatable bonds is 3. The van der Waals surface area contributed by atoms with Gasteiger partial charge in [-0.2, -0.15) is 3.89 Å². The van der Waals surface area contributed by atoms with Gasteiger partial charge in [0.1, 0.15) is 0 Å². The normalized spacial score (nSPS) is 25.6. The molecule has 82 valence electrons. The topological polar surface area (TPSA) is 29.4 Å². The number of thioether (sulfide) groups is 1. The van der Waals surface area contributed by atoms with Gasteiger partial charge >= 0.3 is 83.6 Å². The Kier molecular flexibility index (Phi) is 10.4. The van der Waals surface area contributed by atoms with Crippen molar-refractivity contribution in [3.63, 3.8) is 0 Å². The van der Waals surface area contributed by atoms with Crippen LogP contribution in [0.2, 0.25) is 9.63 Å². The Balaban J connectivity index is 0.000000791. The van der Waals surface area contributed by atoms with Crippen LogP contribution in [0.5, 0.6) is 0 Å². The van der Waals surface area contributed by atoms with Crippen molar-refractivity contribution in [2.75, 3.05) is 18.1 Å². The first-order valence-corrected chi connectivity index (χ1v) is 7.77. The summed E-state index contributed by atoms with van der Waals surface area (Å²) in [5, 5.41) is 0. The average molecular weight is 302 g/mol.